The lowest BCUT2D eigenvalue weighted by atomic mass is 10.1. The van der Waals surface area contributed by atoms with Gasteiger partial charge in [-0.25, -0.2) is 4.39 Å². The molecule has 0 saturated carbocycles. The smallest absolute Gasteiger partial charge is 0.252 e. The topological polar surface area (TPSA) is 62.0 Å². The van der Waals surface area contributed by atoms with Gasteiger partial charge < -0.3 is 10.3 Å². The number of aromatic nitrogens is 1. The molecule has 4 nitrogen and oxygen atoms in total. The lowest BCUT2D eigenvalue weighted by Crippen LogP contribution is -2.28. The predicted octanol–water partition coefficient (Wildman–Crippen LogP) is 3.16. The summed E-state index contributed by atoms with van der Waals surface area (Å²) in [4.78, 5) is 26.9. The summed E-state index contributed by atoms with van der Waals surface area (Å²) in [6.45, 7) is 1.70. The number of para-hydroxylation sites is 1. The Labute approximate surface area is 132 Å². The van der Waals surface area contributed by atoms with Gasteiger partial charge in [0.15, 0.2) is 0 Å². The van der Waals surface area contributed by atoms with Gasteiger partial charge in [-0.3, -0.25) is 9.59 Å². The largest absolute Gasteiger partial charge is 0.345 e. The van der Waals surface area contributed by atoms with E-state index in [9.17, 15) is 14.0 Å². The van der Waals surface area contributed by atoms with Crippen LogP contribution >= 0.6 is 0 Å². The van der Waals surface area contributed by atoms with E-state index in [1.807, 2.05) is 0 Å². The van der Waals surface area contributed by atoms with Crippen molar-refractivity contribution in [3.8, 4) is 0 Å². The van der Waals surface area contributed by atoms with E-state index in [1.54, 1.807) is 49.4 Å². The Balaban J connectivity index is 1.95. The first kappa shape index (κ1) is 15.0. The van der Waals surface area contributed by atoms with Crippen molar-refractivity contribution in [1.29, 1.82) is 0 Å². The Kier molecular flexibility index (Phi) is 3.93. The monoisotopic (exact) mass is 310 g/mol. The van der Waals surface area contributed by atoms with Gasteiger partial charge in [-0.1, -0.05) is 36.4 Å². The number of rotatable bonds is 3. The van der Waals surface area contributed by atoms with E-state index in [1.165, 1.54) is 12.1 Å². The summed E-state index contributed by atoms with van der Waals surface area (Å²) in [5.41, 5.74) is 0.902. The summed E-state index contributed by atoms with van der Waals surface area (Å²) in [5.74, 6) is -0.792. The molecule has 0 radical (unpaired) electrons. The number of fused-ring (bicyclic) bond motifs is 1. The number of pyridine rings is 1. The van der Waals surface area contributed by atoms with Crippen molar-refractivity contribution in [2.24, 2.45) is 0 Å². The Hall–Kier alpha value is -2.95. The molecule has 2 aromatic carbocycles. The summed E-state index contributed by atoms with van der Waals surface area (Å²) in [6, 6.07) is 14.1. The minimum absolute atomic E-state index is 0.271. The van der Waals surface area contributed by atoms with E-state index in [0.717, 1.165) is 0 Å². The highest BCUT2D eigenvalue weighted by Gasteiger charge is 2.16. The average molecular weight is 310 g/mol. The third-order valence-electron chi connectivity index (χ3n) is 3.71. The van der Waals surface area contributed by atoms with Crippen molar-refractivity contribution in [1.82, 2.24) is 10.3 Å². The summed E-state index contributed by atoms with van der Waals surface area (Å²) in [7, 11) is 0. The maximum atomic E-state index is 13.8. The minimum Gasteiger partial charge on any atom is -0.345 e. The maximum absolute atomic E-state index is 13.8. The van der Waals surface area contributed by atoms with E-state index in [2.05, 4.69) is 10.3 Å². The molecular formula is C18H15FN2O2. The second kappa shape index (κ2) is 6.04. The molecule has 3 rings (SSSR count). The van der Waals surface area contributed by atoms with Crippen LogP contribution in [0.15, 0.2) is 59.4 Å². The van der Waals surface area contributed by atoms with Crippen LogP contribution in [0.25, 0.3) is 10.9 Å². The van der Waals surface area contributed by atoms with Crippen molar-refractivity contribution in [3.63, 3.8) is 0 Å². The van der Waals surface area contributed by atoms with E-state index in [4.69, 9.17) is 0 Å². The number of nitrogens with one attached hydrogen (secondary N) is 2. The number of benzene rings is 2. The summed E-state index contributed by atoms with van der Waals surface area (Å²) in [6.07, 6.45) is 0. The molecule has 5 heteroatoms. The van der Waals surface area contributed by atoms with Crippen LogP contribution in [-0.2, 0) is 0 Å². The summed E-state index contributed by atoms with van der Waals surface area (Å²) in [5, 5.41) is 3.38. The molecule has 0 aliphatic heterocycles. The Morgan fingerprint density at radius 3 is 2.61 bits per heavy atom. The van der Waals surface area contributed by atoms with Crippen molar-refractivity contribution in [3.05, 3.63) is 81.9 Å². The number of amides is 1. The third kappa shape index (κ3) is 2.99. The van der Waals surface area contributed by atoms with Gasteiger partial charge in [-0.15, -0.1) is 0 Å². The fourth-order valence-corrected chi connectivity index (χ4v) is 2.57. The normalized spacial score (nSPS) is 12.1. The fraction of sp³-hybridized carbons (Fsp3) is 0.111. The molecule has 0 aliphatic carbocycles. The highest BCUT2D eigenvalue weighted by atomic mass is 19.1. The first-order chi connectivity index (χ1) is 11.1. The molecule has 0 fully saturated rings. The van der Waals surface area contributed by atoms with Crippen LogP contribution in [0.4, 0.5) is 4.39 Å². The first-order valence-electron chi connectivity index (χ1n) is 7.23. The van der Waals surface area contributed by atoms with Gasteiger partial charge in [0, 0.05) is 22.5 Å². The van der Waals surface area contributed by atoms with Crippen molar-refractivity contribution >= 4 is 16.8 Å². The maximum Gasteiger partial charge on any atom is 0.252 e. The van der Waals surface area contributed by atoms with Gasteiger partial charge in [0.1, 0.15) is 5.82 Å². The van der Waals surface area contributed by atoms with Gasteiger partial charge in [0.2, 0.25) is 5.56 Å². The molecule has 116 valence electrons. The number of carbonyl (C=O) groups excluding carboxylic acids is 1. The number of H-pyrrole nitrogens is 1. The van der Waals surface area contributed by atoms with E-state index in [0.29, 0.717) is 16.5 Å². The lowest BCUT2D eigenvalue weighted by Gasteiger charge is -2.15. The number of hydrogen-bond donors (Lipinski definition) is 2. The van der Waals surface area contributed by atoms with Crippen molar-refractivity contribution in [2.45, 2.75) is 13.0 Å². The zero-order valence-corrected chi connectivity index (χ0v) is 12.5. The van der Waals surface area contributed by atoms with Crippen LogP contribution in [-0.4, -0.2) is 10.9 Å². The molecule has 3 aromatic rings. The molecule has 0 saturated heterocycles. The van der Waals surface area contributed by atoms with E-state index >= 15 is 0 Å². The van der Waals surface area contributed by atoms with Gasteiger partial charge in [-0.05, 0) is 19.1 Å². The summed E-state index contributed by atoms with van der Waals surface area (Å²) < 4.78 is 13.8. The minimum atomic E-state index is -0.512. The summed E-state index contributed by atoms with van der Waals surface area (Å²) >= 11 is 0. The molecule has 2 N–H and O–H groups in total. The molecular weight excluding hydrogens is 295 g/mol. The number of aromatic amines is 1. The Morgan fingerprint density at radius 1 is 1.13 bits per heavy atom. The second-order valence-electron chi connectivity index (χ2n) is 5.31. The Morgan fingerprint density at radius 2 is 1.83 bits per heavy atom. The molecule has 0 spiro atoms. The average Bonchev–Trinajstić information content (AvgIpc) is 2.54. The molecule has 1 aromatic heterocycles. The molecule has 0 aliphatic rings. The lowest BCUT2D eigenvalue weighted by molar-refractivity contribution is 0.0941. The van der Waals surface area contributed by atoms with E-state index in [-0.39, 0.29) is 16.9 Å². The van der Waals surface area contributed by atoms with Gasteiger partial charge >= 0.3 is 0 Å². The highest BCUT2D eigenvalue weighted by Crippen LogP contribution is 2.19. The second-order valence-corrected chi connectivity index (χ2v) is 5.31. The number of halogens is 1. The van der Waals surface area contributed by atoms with Crippen molar-refractivity contribution < 1.29 is 9.18 Å². The standard InChI is InChI=1S/C18H15FN2O2/c1-11(12-6-2-4-8-15(12)19)20-18(23)14-10-17(22)21-16-9-5-3-7-13(14)16/h2-11H,1H3,(H,20,23)(H,21,22)/t11-/m0/s1. The fourth-order valence-electron chi connectivity index (χ4n) is 2.57. The quantitative estimate of drug-likeness (QED) is 0.780. The first-order valence-corrected chi connectivity index (χ1v) is 7.23. The van der Waals surface area contributed by atoms with Crippen LogP contribution in [0.1, 0.15) is 28.9 Å². The molecule has 0 bridgehead atoms. The molecule has 23 heavy (non-hydrogen) atoms. The van der Waals surface area contributed by atoms with Crippen LogP contribution < -0.4 is 10.9 Å². The highest BCUT2D eigenvalue weighted by molar-refractivity contribution is 6.06. The molecule has 1 heterocycles. The number of carbonyl (C=O) groups is 1. The third-order valence-corrected chi connectivity index (χ3v) is 3.71. The zero-order chi connectivity index (χ0) is 16.4. The van der Waals surface area contributed by atoms with E-state index < -0.39 is 11.9 Å². The predicted molar refractivity (Wildman–Crippen MR) is 86.8 cm³/mol. The SMILES string of the molecule is C[C@H](NC(=O)c1cc(=O)[nH]c2ccccc12)c1ccccc1F. The van der Waals surface area contributed by atoms with Crippen LogP contribution in [0.2, 0.25) is 0 Å². The Bertz CT molecular complexity index is 933. The van der Waals surface area contributed by atoms with Gasteiger partial charge in [-0.2, -0.15) is 0 Å². The van der Waals surface area contributed by atoms with Gasteiger partial charge in [0.25, 0.3) is 5.91 Å². The molecule has 1 amide bonds. The van der Waals surface area contributed by atoms with Crippen LogP contribution in [0.3, 0.4) is 0 Å². The van der Waals surface area contributed by atoms with Crippen LogP contribution in [0.5, 0.6) is 0 Å². The van der Waals surface area contributed by atoms with Crippen LogP contribution in [0, 0.1) is 5.82 Å². The molecule has 0 unspecified atom stereocenters. The van der Waals surface area contributed by atoms with Crippen molar-refractivity contribution in [2.75, 3.05) is 0 Å². The molecule has 1 atom stereocenters. The van der Waals surface area contributed by atoms with Gasteiger partial charge in [0.05, 0.1) is 11.6 Å². The zero-order valence-electron chi connectivity index (χ0n) is 12.5. The number of hydrogen-bond acceptors (Lipinski definition) is 2.